The van der Waals surface area contributed by atoms with Gasteiger partial charge in [0.25, 0.3) is 0 Å². The summed E-state index contributed by atoms with van der Waals surface area (Å²) in [6.07, 6.45) is 0. The summed E-state index contributed by atoms with van der Waals surface area (Å²) in [6, 6.07) is 11.4. The molecule has 1 aromatic carbocycles. The minimum atomic E-state index is -0.351. The van der Waals surface area contributed by atoms with Crippen LogP contribution in [0, 0.1) is 6.92 Å². The number of aromatic nitrogens is 1. The molecule has 0 saturated carbocycles. The Morgan fingerprint density at radius 1 is 1.30 bits per heavy atom. The van der Waals surface area contributed by atoms with Crippen LogP contribution in [-0.2, 0) is 7.05 Å². The lowest BCUT2D eigenvalue weighted by Gasteiger charge is -1.96. The second-order valence-electron chi connectivity index (χ2n) is 4.37. The van der Waals surface area contributed by atoms with Gasteiger partial charge in [-0.2, -0.15) is 0 Å². The van der Waals surface area contributed by atoms with E-state index in [0.29, 0.717) is 5.76 Å². The van der Waals surface area contributed by atoms with Crippen LogP contribution in [0.2, 0.25) is 0 Å². The third kappa shape index (κ3) is 2.25. The maximum atomic E-state index is 11.9. The van der Waals surface area contributed by atoms with Gasteiger partial charge in [0.2, 0.25) is 4.80 Å². The summed E-state index contributed by atoms with van der Waals surface area (Å²) in [7, 11) is 1.92. The first kappa shape index (κ1) is 12.7. The molecule has 6 heteroatoms. The first-order valence-electron chi connectivity index (χ1n) is 6.10. The van der Waals surface area contributed by atoms with Gasteiger partial charge in [-0.1, -0.05) is 23.5 Å². The minimum absolute atomic E-state index is 0.259. The molecular weight excluding hydrogens is 274 g/mol. The SMILES string of the molecule is Cc1ccc(C(=O)NN=c2sc3ccccc3n2C)o1. The summed E-state index contributed by atoms with van der Waals surface area (Å²) in [4.78, 5) is 12.6. The van der Waals surface area contributed by atoms with E-state index in [0.717, 1.165) is 15.0 Å². The Morgan fingerprint density at radius 2 is 2.10 bits per heavy atom. The van der Waals surface area contributed by atoms with Crippen molar-refractivity contribution >= 4 is 27.5 Å². The largest absolute Gasteiger partial charge is 0.456 e. The molecule has 5 nitrogen and oxygen atoms in total. The zero-order valence-electron chi connectivity index (χ0n) is 11.1. The monoisotopic (exact) mass is 287 g/mol. The molecule has 1 N–H and O–H groups in total. The van der Waals surface area contributed by atoms with Crippen molar-refractivity contribution in [3.8, 4) is 0 Å². The van der Waals surface area contributed by atoms with E-state index in [2.05, 4.69) is 10.5 Å². The third-order valence-corrected chi connectivity index (χ3v) is 4.04. The van der Waals surface area contributed by atoms with Crippen LogP contribution < -0.4 is 10.2 Å². The molecule has 0 saturated heterocycles. The van der Waals surface area contributed by atoms with Gasteiger partial charge in [-0.15, -0.1) is 5.10 Å². The van der Waals surface area contributed by atoms with E-state index in [1.165, 1.54) is 11.3 Å². The number of nitrogens with zero attached hydrogens (tertiary/aromatic N) is 2. The Labute approximate surface area is 119 Å². The zero-order chi connectivity index (χ0) is 14.1. The van der Waals surface area contributed by atoms with Gasteiger partial charge in [-0.25, -0.2) is 5.43 Å². The van der Waals surface area contributed by atoms with E-state index in [9.17, 15) is 4.79 Å². The van der Waals surface area contributed by atoms with Gasteiger partial charge in [-0.3, -0.25) is 4.79 Å². The van der Waals surface area contributed by atoms with Gasteiger partial charge in [0.1, 0.15) is 5.76 Å². The van der Waals surface area contributed by atoms with E-state index in [4.69, 9.17) is 4.42 Å². The summed E-state index contributed by atoms with van der Waals surface area (Å²) >= 11 is 1.52. The molecule has 3 aromatic rings. The fraction of sp³-hybridized carbons (Fsp3) is 0.143. The Bertz CT molecular complexity index is 841. The van der Waals surface area contributed by atoms with Crippen LogP contribution in [-0.4, -0.2) is 10.5 Å². The second-order valence-corrected chi connectivity index (χ2v) is 5.38. The first-order chi connectivity index (χ1) is 9.65. The number of carbonyl (C=O) groups excluding carboxylic acids is 1. The summed E-state index contributed by atoms with van der Waals surface area (Å²) in [5, 5.41) is 4.15. The van der Waals surface area contributed by atoms with Crippen molar-refractivity contribution in [3.05, 3.63) is 52.7 Å². The molecule has 20 heavy (non-hydrogen) atoms. The highest BCUT2D eigenvalue weighted by molar-refractivity contribution is 7.16. The number of aryl methyl sites for hydroxylation is 2. The van der Waals surface area contributed by atoms with Gasteiger partial charge in [0, 0.05) is 7.05 Å². The van der Waals surface area contributed by atoms with Crippen LogP contribution in [0.3, 0.4) is 0 Å². The number of carbonyl (C=O) groups is 1. The lowest BCUT2D eigenvalue weighted by Crippen LogP contribution is -2.22. The van der Waals surface area contributed by atoms with Gasteiger partial charge >= 0.3 is 5.91 Å². The summed E-state index contributed by atoms with van der Waals surface area (Å²) < 4.78 is 8.31. The molecule has 2 aromatic heterocycles. The Kier molecular flexibility index (Phi) is 3.15. The van der Waals surface area contributed by atoms with Crippen LogP contribution in [0.4, 0.5) is 0 Å². The number of para-hydroxylation sites is 1. The summed E-state index contributed by atoms with van der Waals surface area (Å²) in [5.74, 6) is 0.605. The molecule has 3 rings (SSSR count). The lowest BCUT2D eigenvalue weighted by atomic mass is 10.3. The number of hydrogen-bond acceptors (Lipinski definition) is 4. The molecule has 1 amide bonds. The molecule has 102 valence electrons. The molecule has 0 radical (unpaired) electrons. The van der Waals surface area contributed by atoms with Gasteiger partial charge in [0.15, 0.2) is 5.76 Å². The molecule has 0 aliphatic carbocycles. The molecule has 0 spiro atoms. The van der Waals surface area contributed by atoms with Gasteiger partial charge in [0.05, 0.1) is 10.2 Å². The van der Waals surface area contributed by atoms with E-state index in [1.807, 2.05) is 35.9 Å². The fourth-order valence-electron chi connectivity index (χ4n) is 1.90. The third-order valence-electron chi connectivity index (χ3n) is 2.93. The van der Waals surface area contributed by atoms with Crippen molar-refractivity contribution in [2.45, 2.75) is 6.92 Å². The highest BCUT2D eigenvalue weighted by atomic mass is 32.1. The van der Waals surface area contributed by atoms with Crippen molar-refractivity contribution in [2.75, 3.05) is 0 Å². The van der Waals surface area contributed by atoms with Gasteiger partial charge in [-0.05, 0) is 31.2 Å². The van der Waals surface area contributed by atoms with E-state index < -0.39 is 0 Å². The van der Waals surface area contributed by atoms with E-state index >= 15 is 0 Å². The molecule has 0 aliphatic heterocycles. The van der Waals surface area contributed by atoms with Crippen LogP contribution >= 0.6 is 11.3 Å². The summed E-state index contributed by atoms with van der Waals surface area (Å²) in [5.41, 5.74) is 3.59. The number of furan rings is 1. The predicted molar refractivity (Wildman–Crippen MR) is 77.3 cm³/mol. The van der Waals surface area contributed by atoms with Crippen molar-refractivity contribution in [1.29, 1.82) is 0 Å². The van der Waals surface area contributed by atoms with E-state index in [1.54, 1.807) is 19.1 Å². The van der Waals surface area contributed by atoms with E-state index in [-0.39, 0.29) is 11.7 Å². The predicted octanol–water partition coefficient (Wildman–Crippen LogP) is 2.39. The minimum Gasteiger partial charge on any atom is -0.456 e. The number of benzene rings is 1. The molecule has 2 heterocycles. The number of rotatable bonds is 2. The molecular formula is C14H13N3O2S. The van der Waals surface area contributed by atoms with Crippen molar-refractivity contribution < 1.29 is 9.21 Å². The lowest BCUT2D eigenvalue weighted by molar-refractivity contribution is 0.0924. The highest BCUT2D eigenvalue weighted by Crippen LogP contribution is 2.14. The molecule has 0 bridgehead atoms. The number of amides is 1. The second kappa shape index (κ2) is 4.97. The molecule has 0 atom stereocenters. The topological polar surface area (TPSA) is 59.5 Å². The number of nitrogens with one attached hydrogen (secondary N) is 1. The molecule has 0 aliphatic rings. The van der Waals surface area contributed by atoms with Crippen molar-refractivity contribution in [2.24, 2.45) is 12.1 Å². The number of hydrogen-bond donors (Lipinski definition) is 1. The number of thiazole rings is 1. The Morgan fingerprint density at radius 3 is 2.80 bits per heavy atom. The van der Waals surface area contributed by atoms with Crippen LogP contribution in [0.5, 0.6) is 0 Å². The normalized spacial score (nSPS) is 12.0. The standard InChI is InChI=1S/C14H13N3O2S/c1-9-7-8-11(19-9)13(18)15-16-14-17(2)10-5-3-4-6-12(10)20-14/h3-8H,1-2H3,(H,15,18). The Balaban J connectivity index is 1.91. The quantitative estimate of drug-likeness (QED) is 0.736. The smallest absolute Gasteiger partial charge is 0.307 e. The van der Waals surface area contributed by atoms with Crippen LogP contribution in [0.25, 0.3) is 10.2 Å². The maximum Gasteiger partial charge on any atom is 0.307 e. The zero-order valence-corrected chi connectivity index (χ0v) is 11.9. The summed E-state index contributed by atoms with van der Waals surface area (Å²) in [6.45, 7) is 1.79. The Hall–Kier alpha value is -2.34. The fourth-order valence-corrected chi connectivity index (χ4v) is 2.88. The van der Waals surface area contributed by atoms with Crippen LogP contribution in [0.15, 0.2) is 45.9 Å². The van der Waals surface area contributed by atoms with Gasteiger partial charge < -0.3 is 8.98 Å². The van der Waals surface area contributed by atoms with Crippen molar-refractivity contribution in [3.63, 3.8) is 0 Å². The number of fused-ring (bicyclic) bond motifs is 1. The molecule has 0 unspecified atom stereocenters. The van der Waals surface area contributed by atoms with Crippen molar-refractivity contribution in [1.82, 2.24) is 9.99 Å². The maximum absolute atomic E-state index is 11.9. The average Bonchev–Trinajstić information content (AvgIpc) is 3.01. The average molecular weight is 287 g/mol. The van der Waals surface area contributed by atoms with Crippen LogP contribution in [0.1, 0.15) is 16.3 Å². The highest BCUT2D eigenvalue weighted by Gasteiger charge is 2.09. The first-order valence-corrected chi connectivity index (χ1v) is 6.92. The molecule has 0 fully saturated rings.